The van der Waals surface area contributed by atoms with Crippen LogP contribution in [0.2, 0.25) is 0 Å². The molecule has 0 spiro atoms. The van der Waals surface area contributed by atoms with Crippen molar-refractivity contribution in [2.75, 3.05) is 0 Å². The highest BCUT2D eigenvalue weighted by Gasteiger charge is 2.08. The first kappa shape index (κ1) is 13.3. The minimum Gasteiger partial charge on any atom is -0.438 e. The molecule has 4 heteroatoms. The average molecular weight is 377 g/mol. The van der Waals surface area contributed by atoms with Crippen LogP contribution in [-0.2, 0) is 6.61 Å². The Morgan fingerprint density at radius 3 is 2.40 bits per heavy atom. The molecule has 0 atom stereocenters. The van der Waals surface area contributed by atoms with Crippen LogP contribution >= 0.6 is 22.6 Å². The third kappa shape index (κ3) is 2.62. The largest absolute Gasteiger partial charge is 0.438 e. The maximum Gasteiger partial charge on any atom is 0.227 e. The normalized spacial score (nSPS) is 10.7. The summed E-state index contributed by atoms with van der Waals surface area (Å²) < 4.78 is 7.01. The first-order valence-electron chi connectivity index (χ1n) is 6.19. The van der Waals surface area contributed by atoms with Gasteiger partial charge in [-0.25, -0.2) is 4.98 Å². The molecular formula is C16H12INO2. The number of halogens is 1. The summed E-state index contributed by atoms with van der Waals surface area (Å²) in [6.45, 7) is -0.0304. The van der Waals surface area contributed by atoms with Crippen molar-refractivity contribution in [2.45, 2.75) is 6.61 Å². The number of pyridine rings is 1. The zero-order chi connectivity index (χ0) is 13.9. The second-order valence-corrected chi connectivity index (χ2v) is 5.59. The van der Waals surface area contributed by atoms with E-state index in [4.69, 9.17) is 4.74 Å². The topological polar surface area (TPSA) is 42.4 Å². The van der Waals surface area contributed by atoms with Gasteiger partial charge in [0.15, 0.2) is 0 Å². The lowest BCUT2D eigenvalue weighted by Crippen LogP contribution is -1.93. The van der Waals surface area contributed by atoms with Gasteiger partial charge in [0.2, 0.25) is 5.88 Å². The summed E-state index contributed by atoms with van der Waals surface area (Å²) in [5, 5.41) is 11.2. The smallest absolute Gasteiger partial charge is 0.227 e. The number of aliphatic hydroxyl groups excluding tert-OH is 1. The van der Waals surface area contributed by atoms with Crippen LogP contribution in [0.4, 0.5) is 0 Å². The van der Waals surface area contributed by atoms with Gasteiger partial charge in [0.05, 0.1) is 6.61 Å². The van der Waals surface area contributed by atoms with Crippen LogP contribution in [0.15, 0.2) is 54.7 Å². The Morgan fingerprint density at radius 2 is 1.70 bits per heavy atom. The molecule has 1 N–H and O–H groups in total. The van der Waals surface area contributed by atoms with Crippen LogP contribution in [-0.4, -0.2) is 10.1 Å². The highest BCUT2D eigenvalue weighted by atomic mass is 127. The third-order valence-corrected chi connectivity index (χ3v) is 3.76. The minimum atomic E-state index is -0.0304. The number of nitrogens with zero attached hydrogens (tertiary/aromatic N) is 1. The van der Waals surface area contributed by atoms with Crippen molar-refractivity contribution in [3.05, 3.63) is 63.9 Å². The molecular weight excluding hydrogens is 365 g/mol. The van der Waals surface area contributed by atoms with E-state index in [2.05, 4.69) is 27.6 Å². The lowest BCUT2D eigenvalue weighted by molar-refractivity contribution is 0.283. The number of fused-ring (bicyclic) bond motifs is 1. The molecule has 20 heavy (non-hydrogen) atoms. The van der Waals surface area contributed by atoms with Crippen molar-refractivity contribution < 1.29 is 9.84 Å². The van der Waals surface area contributed by atoms with Crippen LogP contribution < -0.4 is 4.74 Å². The third-order valence-electron chi connectivity index (χ3n) is 3.04. The van der Waals surface area contributed by atoms with Crippen molar-refractivity contribution in [3.8, 4) is 11.6 Å². The molecule has 0 radical (unpaired) electrons. The predicted octanol–water partition coefficient (Wildman–Crippen LogP) is 4.12. The van der Waals surface area contributed by atoms with Gasteiger partial charge in [0.25, 0.3) is 0 Å². The highest BCUT2D eigenvalue weighted by molar-refractivity contribution is 14.1. The van der Waals surface area contributed by atoms with Gasteiger partial charge in [-0.2, -0.15) is 0 Å². The van der Waals surface area contributed by atoms with E-state index >= 15 is 0 Å². The molecule has 0 aliphatic rings. The van der Waals surface area contributed by atoms with Gasteiger partial charge in [-0.05, 0) is 58.3 Å². The van der Waals surface area contributed by atoms with Crippen LogP contribution in [0.5, 0.6) is 11.6 Å². The molecule has 0 aliphatic carbocycles. The maximum absolute atomic E-state index is 9.37. The Kier molecular flexibility index (Phi) is 3.84. The van der Waals surface area contributed by atoms with Crippen molar-refractivity contribution in [3.63, 3.8) is 0 Å². The Bertz CT molecular complexity index is 741. The van der Waals surface area contributed by atoms with E-state index < -0.39 is 0 Å². The molecule has 0 fully saturated rings. The van der Waals surface area contributed by atoms with Crippen molar-refractivity contribution in [2.24, 2.45) is 0 Å². The second-order valence-electron chi connectivity index (χ2n) is 4.35. The average Bonchev–Trinajstić information content (AvgIpc) is 2.50. The fourth-order valence-electron chi connectivity index (χ4n) is 2.05. The molecule has 1 heterocycles. The molecule has 0 aliphatic heterocycles. The number of ether oxygens (including phenoxy) is 1. The lowest BCUT2D eigenvalue weighted by atomic mass is 10.1. The highest BCUT2D eigenvalue weighted by Crippen LogP contribution is 2.29. The lowest BCUT2D eigenvalue weighted by Gasteiger charge is -2.10. The van der Waals surface area contributed by atoms with Crippen LogP contribution in [0.1, 0.15) is 5.56 Å². The van der Waals surface area contributed by atoms with Crippen molar-refractivity contribution >= 4 is 33.4 Å². The van der Waals surface area contributed by atoms with Gasteiger partial charge >= 0.3 is 0 Å². The van der Waals surface area contributed by atoms with Gasteiger partial charge in [-0.15, -0.1) is 0 Å². The van der Waals surface area contributed by atoms with Gasteiger partial charge < -0.3 is 9.84 Å². The van der Waals surface area contributed by atoms with E-state index in [1.807, 2.05) is 48.5 Å². The predicted molar refractivity (Wildman–Crippen MR) is 86.9 cm³/mol. The van der Waals surface area contributed by atoms with Gasteiger partial charge in [-0.1, -0.05) is 18.2 Å². The number of aliphatic hydroxyl groups is 1. The summed E-state index contributed by atoms with van der Waals surface area (Å²) in [6, 6.07) is 15.6. The molecule has 3 aromatic rings. The SMILES string of the molecule is OCc1cnc(Oc2ccc(I)cc2)c2ccccc12. The van der Waals surface area contributed by atoms with E-state index in [1.165, 1.54) is 0 Å². The zero-order valence-electron chi connectivity index (χ0n) is 10.6. The van der Waals surface area contributed by atoms with E-state index in [0.717, 1.165) is 25.7 Å². The zero-order valence-corrected chi connectivity index (χ0v) is 12.7. The quantitative estimate of drug-likeness (QED) is 0.699. The van der Waals surface area contributed by atoms with E-state index in [-0.39, 0.29) is 6.61 Å². The van der Waals surface area contributed by atoms with Crippen molar-refractivity contribution in [1.29, 1.82) is 0 Å². The molecule has 3 rings (SSSR count). The van der Waals surface area contributed by atoms with Crippen LogP contribution in [0.25, 0.3) is 10.8 Å². The second kappa shape index (κ2) is 5.76. The Hall–Kier alpha value is -1.66. The molecule has 0 saturated heterocycles. The number of hydrogen-bond donors (Lipinski definition) is 1. The summed E-state index contributed by atoms with van der Waals surface area (Å²) >= 11 is 2.25. The van der Waals surface area contributed by atoms with E-state index in [1.54, 1.807) is 6.20 Å². The summed E-state index contributed by atoms with van der Waals surface area (Å²) in [5.41, 5.74) is 0.801. The molecule has 100 valence electrons. The molecule has 2 aromatic carbocycles. The standard InChI is InChI=1S/C16H12INO2/c17-12-5-7-13(8-6-12)20-16-15-4-2-1-3-14(15)11(10-19)9-18-16/h1-9,19H,10H2. The summed E-state index contributed by atoms with van der Waals surface area (Å²) in [5.74, 6) is 1.30. The fourth-order valence-corrected chi connectivity index (χ4v) is 2.41. The first-order chi connectivity index (χ1) is 9.78. The van der Waals surface area contributed by atoms with Crippen LogP contribution in [0, 0.1) is 3.57 Å². The molecule has 0 saturated carbocycles. The Morgan fingerprint density at radius 1 is 1.00 bits per heavy atom. The summed E-state index contributed by atoms with van der Waals surface area (Å²) in [4.78, 5) is 4.31. The monoisotopic (exact) mass is 377 g/mol. The van der Waals surface area contributed by atoms with Crippen LogP contribution in [0.3, 0.4) is 0 Å². The molecule has 0 bridgehead atoms. The molecule has 1 aromatic heterocycles. The number of benzene rings is 2. The fraction of sp³-hybridized carbons (Fsp3) is 0.0625. The van der Waals surface area contributed by atoms with Crippen molar-refractivity contribution in [1.82, 2.24) is 4.98 Å². The number of rotatable bonds is 3. The minimum absolute atomic E-state index is 0.0304. The Labute approximate surface area is 130 Å². The molecule has 3 nitrogen and oxygen atoms in total. The van der Waals surface area contributed by atoms with Gasteiger partial charge in [0.1, 0.15) is 5.75 Å². The number of aromatic nitrogens is 1. The van der Waals surface area contributed by atoms with E-state index in [9.17, 15) is 5.11 Å². The number of hydrogen-bond acceptors (Lipinski definition) is 3. The molecule has 0 unspecified atom stereocenters. The summed E-state index contributed by atoms with van der Waals surface area (Å²) in [6.07, 6.45) is 1.66. The molecule has 0 amide bonds. The first-order valence-corrected chi connectivity index (χ1v) is 7.26. The summed E-state index contributed by atoms with van der Waals surface area (Å²) in [7, 11) is 0. The van der Waals surface area contributed by atoms with Gasteiger partial charge in [0, 0.05) is 20.7 Å². The maximum atomic E-state index is 9.37. The van der Waals surface area contributed by atoms with E-state index in [0.29, 0.717) is 5.88 Å². The van der Waals surface area contributed by atoms with Gasteiger partial charge in [-0.3, -0.25) is 0 Å². The Balaban J connectivity index is 2.06.